The Labute approximate surface area is 124 Å². The van der Waals surface area contributed by atoms with Crippen LogP contribution >= 0.6 is 0 Å². The van der Waals surface area contributed by atoms with Gasteiger partial charge in [-0.25, -0.2) is 0 Å². The summed E-state index contributed by atoms with van der Waals surface area (Å²) in [5, 5.41) is 3.08. The quantitative estimate of drug-likeness (QED) is 0.924. The van der Waals surface area contributed by atoms with Crippen LogP contribution in [-0.4, -0.2) is 5.91 Å². The molecule has 0 aromatic heterocycles. The van der Waals surface area contributed by atoms with Crippen molar-refractivity contribution in [1.82, 2.24) is 5.32 Å². The van der Waals surface area contributed by atoms with Gasteiger partial charge in [-0.2, -0.15) is 0 Å². The second kappa shape index (κ2) is 5.60. The number of para-hydroxylation sites is 1. The molecule has 2 aromatic carbocycles. The number of rotatable bonds is 4. The topological polar surface area (TPSA) is 38.3 Å². The molecule has 1 aliphatic rings. The van der Waals surface area contributed by atoms with Crippen molar-refractivity contribution >= 4 is 5.91 Å². The average molecular weight is 281 g/mol. The zero-order valence-corrected chi connectivity index (χ0v) is 12.1. The van der Waals surface area contributed by atoms with Gasteiger partial charge in [-0.3, -0.25) is 4.79 Å². The fourth-order valence-corrected chi connectivity index (χ4v) is 2.73. The van der Waals surface area contributed by atoms with Gasteiger partial charge in [-0.1, -0.05) is 55.8 Å². The van der Waals surface area contributed by atoms with E-state index in [1.54, 1.807) is 6.07 Å². The fraction of sp³-hybridized carbons (Fsp3) is 0.278. The van der Waals surface area contributed by atoms with Crippen LogP contribution < -0.4 is 10.1 Å². The molecule has 0 saturated heterocycles. The lowest BCUT2D eigenvalue weighted by Crippen LogP contribution is -2.53. The molecule has 0 saturated carbocycles. The van der Waals surface area contributed by atoms with Crippen molar-refractivity contribution in [2.75, 3.05) is 0 Å². The molecular formula is C18H19NO2. The highest BCUT2D eigenvalue weighted by Gasteiger charge is 2.40. The van der Waals surface area contributed by atoms with E-state index in [9.17, 15) is 4.79 Å². The van der Waals surface area contributed by atoms with Gasteiger partial charge in [-0.05, 0) is 18.6 Å². The predicted molar refractivity (Wildman–Crippen MR) is 82.2 cm³/mol. The number of amides is 1. The van der Waals surface area contributed by atoms with Crippen LogP contribution in [0.2, 0.25) is 0 Å². The molecule has 3 nitrogen and oxygen atoms in total. The van der Waals surface area contributed by atoms with Crippen molar-refractivity contribution in [3.63, 3.8) is 0 Å². The molecular weight excluding hydrogens is 262 g/mol. The lowest BCUT2D eigenvalue weighted by Gasteiger charge is -2.39. The number of hydrogen-bond acceptors (Lipinski definition) is 2. The van der Waals surface area contributed by atoms with Gasteiger partial charge in [0, 0.05) is 12.0 Å². The largest absolute Gasteiger partial charge is 0.463 e. The van der Waals surface area contributed by atoms with Crippen LogP contribution in [0.5, 0.6) is 5.75 Å². The SMILES string of the molecule is CCCCC1(c2ccccc2)NC(=O)c2ccccc2O1. The molecule has 0 aliphatic carbocycles. The molecule has 0 spiro atoms. The van der Waals surface area contributed by atoms with Crippen molar-refractivity contribution < 1.29 is 9.53 Å². The molecule has 2 aromatic rings. The Morgan fingerprint density at radius 2 is 1.76 bits per heavy atom. The number of carbonyl (C=O) groups excluding carboxylic acids is 1. The van der Waals surface area contributed by atoms with Crippen LogP contribution in [0.1, 0.15) is 42.1 Å². The summed E-state index contributed by atoms with van der Waals surface area (Å²) in [6, 6.07) is 17.3. The lowest BCUT2D eigenvalue weighted by atomic mass is 9.94. The smallest absolute Gasteiger partial charge is 0.258 e. The Balaban J connectivity index is 2.04. The Kier molecular flexibility index (Phi) is 3.65. The van der Waals surface area contributed by atoms with Crippen LogP contribution in [0, 0.1) is 0 Å². The minimum absolute atomic E-state index is 0.0724. The standard InChI is InChI=1S/C18H19NO2/c1-2-3-13-18(14-9-5-4-6-10-14)19-17(20)15-11-7-8-12-16(15)21-18/h4-12H,2-3,13H2,1H3,(H,19,20). The third-order valence-electron chi connectivity index (χ3n) is 3.85. The molecule has 108 valence electrons. The van der Waals surface area contributed by atoms with Gasteiger partial charge in [0.2, 0.25) is 5.72 Å². The summed E-state index contributed by atoms with van der Waals surface area (Å²) in [6.45, 7) is 2.14. The van der Waals surface area contributed by atoms with Crippen LogP contribution in [0.15, 0.2) is 54.6 Å². The third-order valence-corrected chi connectivity index (χ3v) is 3.85. The molecule has 1 atom stereocenters. The van der Waals surface area contributed by atoms with E-state index < -0.39 is 5.72 Å². The van der Waals surface area contributed by atoms with Crippen molar-refractivity contribution in [3.8, 4) is 5.75 Å². The Hall–Kier alpha value is -2.29. The van der Waals surface area contributed by atoms with Crippen LogP contribution in [0.3, 0.4) is 0 Å². The van der Waals surface area contributed by atoms with Crippen molar-refractivity contribution in [2.24, 2.45) is 0 Å². The summed E-state index contributed by atoms with van der Waals surface area (Å²) in [6.07, 6.45) is 2.79. The molecule has 1 unspecified atom stereocenters. The van der Waals surface area contributed by atoms with E-state index in [4.69, 9.17) is 4.74 Å². The van der Waals surface area contributed by atoms with Crippen LogP contribution in [-0.2, 0) is 5.72 Å². The highest BCUT2D eigenvalue weighted by atomic mass is 16.5. The zero-order chi connectivity index (χ0) is 14.7. The predicted octanol–water partition coefficient (Wildman–Crippen LogP) is 3.85. The first-order valence-corrected chi connectivity index (χ1v) is 7.41. The van der Waals surface area contributed by atoms with E-state index in [1.165, 1.54) is 0 Å². The average Bonchev–Trinajstić information content (AvgIpc) is 2.54. The Morgan fingerprint density at radius 3 is 2.52 bits per heavy atom. The Bertz CT molecular complexity index is 639. The normalized spacial score (nSPS) is 20.3. The Morgan fingerprint density at radius 1 is 1.05 bits per heavy atom. The van der Waals surface area contributed by atoms with Crippen LogP contribution in [0.4, 0.5) is 0 Å². The molecule has 1 amide bonds. The summed E-state index contributed by atoms with van der Waals surface area (Å²) in [5.74, 6) is 0.581. The highest BCUT2D eigenvalue weighted by Crippen LogP contribution is 2.36. The van der Waals surface area contributed by atoms with E-state index in [2.05, 4.69) is 12.2 Å². The number of unbranched alkanes of at least 4 members (excludes halogenated alkanes) is 1. The summed E-state index contributed by atoms with van der Waals surface area (Å²) in [4.78, 5) is 12.4. The van der Waals surface area contributed by atoms with Gasteiger partial charge in [0.1, 0.15) is 5.75 Å². The molecule has 3 heteroatoms. The summed E-state index contributed by atoms with van der Waals surface area (Å²) in [7, 11) is 0. The molecule has 0 bridgehead atoms. The fourth-order valence-electron chi connectivity index (χ4n) is 2.73. The lowest BCUT2D eigenvalue weighted by molar-refractivity contribution is 0.00679. The van der Waals surface area contributed by atoms with Crippen molar-refractivity contribution in [2.45, 2.75) is 31.9 Å². The van der Waals surface area contributed by atoms with Crippen molar-refractivity contribution in [3.05, 3.63) is 65.7 Å². The number of ether oxygens (including phenoxy) is 1. The number of benzene rings is 2. The maximum Gasteiger partial charge on any atom is 0.258 e. The molecule has 3 rings (SSSR count). The first kappa shape index (κ1) is 13.7. The maximum atomic E-state index is 12.4. The molecule has 0 fully saturated rings. The monoisotopic (exact) mass is 281 g/mol. The summed E-state index contributed by atoms with van der Waals surface area (Å²) < 4.78 is 6.25. The molecule has 1 N–H and O–H groups in total. The molecule has 21 heavy (non-hydrogen) atoms. The third kappa shape index (κ3) is 2.51. The molecule has 1 aliphatic heterocycles. The van der Waals surface area contributed by atoms with E-state index in [1.807, 2.05) is 48.5 Å². The number of nitrogens with one attached hydrogen (secondary N) is 1. The first-order valence-electron chi connectivity index (χ1n) is 7.41. The number of carbonyl (C=O) groups is 1. The number of hydrogen-bond donors (Lipinski definition) is 1. The van der Waals surface area contributed by atoms with Gasteiger partial charge < -0.3 is 10.1 Å². The van der Waals surface area contributed by atoms with Crippen molar-refractivity contribution in [1.29, 1.82) is 0 Å². The second-order valence-electron chi connectivity index (χ2n) is 5.35. The minimum Gasteiger partial charge on any atom is -0.463 e. The number of fused-ring (bicyclic) bond motifs is 1. The second-order valence-corrected chi connectivity index (χ2v) is 5.35. The summed E-state index contributed by atoms with van der Waals surface area (Å²) in [5.41, 5.74) is 0.824. The van der Waals surface area contributed by atoms with Crippen LogP contribution in [0.25, 0.3) is 0 Å². The molecule has 1 heterocycles. The molecule has 0 radical (unpaired) electrons. The van der Waals surface area contributed by atoms with Gasteiger partial charge in [0.15, 0.2) is 0 Å². The van der Waals surface area contributed by atoms with E-state index in [-0.39, 0.29) is 5.91 Å². The van der Waals surface area contributed by atoms with E-state index >= 15 is 0 Å². The van der Waals surface area contributed by atoms with Gasteiger partial charge in [0.05, 0.1) is 5.56 Å². The van der Waals surface area contributed by atoms with Gasteiger partial charge in [0.25, 0.3) is 5.91 Å². The van der Waals surface area contributed by atoms with Gasteiger partial charge >= 0.3 is 0 Å². The minimum atomic E-state index is -0.761. The van der Waals surface area contributed by atoms with Gasteiger partial charge in [-0.15, -0.1) is 0 Å². The van der Waals surface area contributed by atoms with E-state index in [0.29, 0.717) is 11.3 Å². The maximum absolute atomic E-state index is 12.4. The zero-order valence-electron chi connectivity index (χ0n) is 12.1. The summed E-state index contributed by atoms with van der Waals surface area (Å²) >= 11 is 0. The highest BCUT2D eigenvalue weighted by molar-refractivity contribution is 5.98. The van der Waals surface area contributed by atoms with E-state index in [0.717, 1.165) is 24.8 Å². The first-order chi connectivity index (χ1) is 10.2.